The maximum absolute atomic E-state index is 9.77. The van der Waals surface area contributed by atoms with Gasteiger partial charge in [0.05, 0.1) is 36.5 Å². The number of aromatic nitrogens is 3. The Morgan fingerprint density at radius 2 is 2.12 bits per heavy atom. The Kier molecular flexibility index (Phi) is 3.35. The van der Waals surface area contributed by atoms with E-state index in [0.717, 1.165) is 29.6 Å². The maximum atomic E-state index is 9.77. The van der Waals surface area contributed by atoms with Crippen LogP contribution in [-0.2, 0) is 0 Å². The second-order valence-electron chi connectivity index (χ2n) is 5.94. The number of ether oxygens (including phenoxy) is 1. The van der Waals surface area contributed by atoms with Gasteiger partial charge >= 0.3 is 0 Å². The zero-order valence-electron chi connectivity index (χ0n) is 13.2. The third-order valence-corrected chi connectivity index (χ3v) is 4.59. The van der Waals surface area contributed by atoms with Gasteiger partial charge in [-0.25, -0.2) is 4.98 Å². The van der Waals surface area contributed by atoms with Crippen LogP contribution in [0, 0.1) is 11.3 Å². The first-order valence-electron chi connectivity index (χ1n) is 7.86. The highest BCUT2D eigenvalue weighted by Crippen LogP contribution is 2.42. The Labute approximate surface area is 139 Å². The summed E-state index contributed by atoms with van der Waals surface area (Å²) in [6.45, 7) is 0. The lowest BCUT2D eigenvalue weighted by Crippen LogP contribution is -2.18. The zero-order valence-corrected chi connectivity index (χ0v) is 13.2. The van der Waals surface area contributed by atoms with E-state index < -0.39 is 0 Å². The average molecular weight is 320 g/mol. The third kappa shape index (κ3) is 2.09. The van der Waals surface area contributed by atoms with E-state index in [1.54, 1.807) is 25.4 Å². The maximum Gasteiger partial charge on any atom is 0.142 e. The summed E-state index contributed by atoms with van der Waals surface area (Å²) >= 11 is 0. The van der Waals surface area contributed by atoms with E-state index in [-0.39, 0.29) is 5.75 Å². The van der Waals surface area contributed by atoms with Crippen molar-refractivity contribution in [1.29, 1.82) is 5.26 Å². The highest BCUT2D eigenvalue weighted by Gasteiger charge is 2.29. The van der Waals surface area contributed by atoms with Crippen LogP contribution in [0.2, 0.25) is 0 Å². The molecule has 6 heteroatoms. The number of hydrogen-bond acceptors (Lipinski definition) is 5. The normalized spacial score (nSPS) is 14.3. The molecule has 0 bridgehead atoms. The number of aromatic hydroxyl groups is 1. The predicted octanol–water partition coefficient (Wildman–Crippen LogP) is 3.41. The molecule has 1 N–H and O–H groups in total. The molecule has 1 fully saturated rings. The fourth-order valence-electron chi connectivity index (χ4n) is 3.17. The fraction of sp³-hybridized carbons (Fsp3) is 0.278. The van der Waals surface area contributed by atoms with Crippen LogP contribution in [-0.4, -0.2) is 26.8 Å². The first-order chi connectivity index (χ1) is 11.7. The minimum Gasteiger partial charge on any atom is -0.506 e. The molecule has 0 atom stereocenters. The zero-order chi connectivity index (χ0) is 16.7. The molecule has 1 aliphatic rings. The molecular formula is C18H16N4O2. The van der Waals surface area contributed by atoms with Gasteiger partial charge in [-0.05, 0) is 37.5 Å². The van der Waals surface area contributed by atoms with Crippen LogP contribution in [0.15, 0.2) is 30.6 Å². The van der Waals surface area contributed by atoms with Crippen molar-refractivity contribution in [2.45, 2.75) is 25.3 Å². The average Bonchev–Trinajstić information content (AvgIpc) is 2.87. The summed E-state index contributed by atoms with van der Waals surface area (Å²) in [6, 6.07) is 7.79. The SMILES string of the molecule is COc1cnc2c(c1)c(C#N)c(-c1ccc(O)cn1)n2C1CCC1. The Morgan fingerprint density at radius 1 is 1.29 bits per heavy atom. The van der Waals surface area contributed by atoms with Crippen LogP contribution in [0.4, 0.5) is 0 Å². The number of methoxy groups -OCH3 is 1. The Morgan fingerprint density at radius 3 is 2.71 bits per heavy atom. The molecule has 1 saturated carbocycles. The van der Waals surface area contributed by atoms with E-state index in [2.05, 4.69) is 20.6 Å². The van der Waals surface area contributed by atoms with E-state index in [1.165, 1.54) is 12.6 Å². The number of rotatable bonds is 3. The lowest BCUT2D eigenvalue weighted by molar-refractivity contribution is 0.322. The lowest BCUT2D eigenvalue weighted by atomic mass is 9.92. The molecule has 0 radical (unpaired) electrons. The van der Waals surface area contributed by atoms with E-state index in [9.17, 15) is 10.4 Å². The predicted molar refractivity (Wildman–Crippen MR) is 88.8 cm³/mol. The highest BCUT2D eigenvalue weighted by atomic mass is 16.5. The summed E-state index contributed by atoms with van der Waals surface area (Å²) in [5, 5.41) is 20.1. The smallest absolute Gasteiger partial charge is 0.142 e. The molecule has 3 aromatic rings. The van der Waals surface area contributed by atoms with Gasteiger partial charge in [-0.1, -0.05) is 0 Å². The third-order valence-electron chi connectivity index (χ3n) is 4.59. The molecule has 120 valence electrons. The fourth-order valence-corrected chi connectivity index (χ4v) is 3.17. The molecule has 0 unspecified atom stereocenters. The van der Waals surface area contributed by atoms with Crippen LogP contribution >= 0.6 is 0 Å². The number of hydrogen-bond donors (Lipinski definition) is 1. The molecule has 6 nitrogen and oxygen atoms in total. The van der Waals surface area contributed by atoms with Gasteiger partial charge in [-0.3, -0.25) is 4.98 Å². The van der Waals surface area contributed by atoms with Gasteiger partial charge in [0, 0.05) is 11.4 Å². The molecule has 0 amide bonds. The van der Waals surface area contributed by atoms with Crippen molar-refractivity contribution in [1.82, 2.24) is 14.5 Å². The minimum absolute atomic E-state index is 0.100. The molecular weight excluding hydrogens is 304 g/mol. The number of fused-ring (bicyclic) bond motifs is 1. The summed E-state index contributed by atoms with van der Waals surface area (Å²) in [4.78, 5) is 8.85. The second-order valence-corrected chi connectivity index (χ2v) is 5.94. The monoisotopic (exact) mass is 320 g/mol. The number of pyridine rings is 2. The van der Waals surface area contributed by atoms with Crippen molar-refractivity contribution in [3.63, 3.8) is 0 Å². The summed E-state index contributed by atoms with van der Waals surface area (Å²) in [5.74, 6) is 0.721. The molecule has 0 aliphatic heterocycles. The summed E-state index contributed by atoms with van der Waals surface area (Å²) in [6.07, 6.45) is 6.37. The summed E-state index contributed by atoms with van der Waals surface area (Å²) in [5.41, 5.74) is 2.74. The Balaban J connectivity index is 2.05. The van der Waals surface area contributed by atoms with Gasteiger partial charge in [-0.15, -0.1) is 0 Å². The van der Waals surface area contributed by atoms with Crippen molar-refractivity contribution in [2.75, 3.05) is 7.11 Å². The summed E-state index contributed by atoms with van der Waals surface area (Å²) in [7, 11) is 1.58. The van der Waals surface area contributed by atoms with Gasteiger partial charge in [0.1, 0.15) is 23.2 Å². The molecule has 4 rings (SSSR count). The molecule has 1 aliphatic carbocycles. The largest absolute Gasteiger partial charge is 0.506 e. The summed E-state index contributed by atoms with van der Waals surface area (Å²) < 4.78 is 7.38. The Bertz CT molecular complexity index is 950. The van der Waals surface area contributed by atoms with Crippen molar-refractivity contribution in [3.05, 3.63) is 36.2 Å². The molecule has 24 heavy (non-hydrogen) atoms. The van der Waals surface area contributed by atoms with Gasteiger partial charge < -0.3 is 14.4 Å². The Hall–Kier alpha value is -3.07. The first-order valence-corrected chi connectivity index (χ1v) is 7.86. The standard InChI is InChI=1S/C18H16N4O2/c1-24-13-7-14-15(8-19)17(16-6-5-12(23)9-20-16)22(11-3-2-4-11)18(14)21-10-13/h5-7,9-11,23H,2-4H2,1H3. The molecule has 0 aromatic carbocycles. The van der Waals surface area contributed by atoms with Gasteiger partial charge in [-0.2, -0.15) is 5.26 Å². The van der Waals surface area contributed by atoms with Crippen molar-refractivity contribution in [3.8, 4) is 29.0 Å². The van der Waals surface area contributed by atoms with Gasteiger partial charge in [0.25, 0.3) is 0 Å². The van der Waals surface area contributed by atoms with Crippen LogP contribution in [0.3, 0.4) is 0 Å². The van der Waals surface area contributed by atoms with Crippen LogP contribution < -0.4 is 4.74 Å². The van der Waals surface area contributed by atoms with E-state index >= 15 is 0 Å². The van der Waals surface area contributed by atoms with Gasteiger partial charge in [0.2, 0.25) is 0 Å². The van der Waals surface area contributed by atoms with Crippen molar-refractivity contribution >= 4 is 11.0 Å². The topological polar surface area (TPSA) is 84.0 Å². The second kappa shape index (κ2) is 5.53. The van der Waals surface area contributed by atoms with Crippen molar-refractivity contribution < 1.29 is 9.84 Å². The first kappa shape index (κ1) is 14.5. The van der Waals surface area contributed by atoms with Gasteiger partial charge in [0.15, 0.2) is 0 Å². The molecule has 3 heterocycles. The van der Waals surface area contributed by atoms with Crippen LogP contribution in [0.1, 0.15) is 30.9 Å². The number of nitrogens with zero attached hydrogens (tertiary/aromatic N) is 4. The molecule has 0 saturated heterocycles. The molecule has 0 spiro atoms. The van der Waals surface area contributed by atoms with E-state index in [0.29, 0.717) is 23.0 Å². The quantitative estimate of drug-likeness (QED) is 0.799. The molecule has 3 aromatic heterocycles. The van der Waals surface area contributed by atoms with Crippen LogP contribution in [0.5, 0.6) is 11.5 Å². The minimum atomic E-state index is 0.100. The van der Waals surface area contributed by atoms with Crippen LogP contribution in [0.25, 0.3) is 22.4 Å². The highest BCUT2D eigenvalue weighted by molar-refractivity contribution is 5.92. The van der Waals surface area contributed by atoms with E-state index in [4.69, 9.17) is 4.74 Å². The van der Waals surface area contributed by atoms with E-state index in [1.807, 2.05) is 6.07 Å². The number of nitriles is 1. The van der Waals surface area contributed by atoms with Crippen molar-refractivity contribution in [2.24, 2.45) is 0 Å². The lowest BCUT2D eigenvalue weighted by Gasteiger charge is -2.29.